The number of aryl methyl sites for hydroxylation is 1. The van der Waals surface area contributed by atoms with E-state index in [1.54, 1.807) is 24.4 Å². The molecule has 206 valence electrons. The molecular formula is C31H29F2N3O4. The van der Waals surface area contributed by atoms with Gasteiger partial charge in [0.25, 0.3) is 5.91 Å². The van der Waals surface area contributed by atoms with E-state index in [1.807, 2.05) is 26.0 Å². The van der Waals surface area contributed by atoms with Crippen LogP contribution in [0.25, 0.3) is 0 Å². The highest BCUT2D eigenvalue weighted by Gasteiger charge is 2.38. The van der Waals surface area contributed by atoms with Crippen molar-refractivity contribution in [1.29, 1.82) is 0 Å². The number of anilines is 1. The Kier molecular flexibility index (Phi) is 7.64. The maximum atomic E-state index is 14.2. The van der Waals surface area contributed by atoms with Crippen molar-refractivity contribution in [3.05, 3.63) is 106 Å². The third-order valence-electron chi connectivity index (χ3n) is 7.09. The third kappa shape index (κ3) is 5.45. The molecule has 0 fully saturated rings. The van der Waals surface area contributed by atoms with E-state index >= 15 is 0 Å². The van der Waals surface area contributed by atoms with Gasteiger partial charge in [0.05, 0.1) is 7.11 Å². The number of nitrogens with one attached hydrogen (secondary N) is 2. The number of benzene rings is 2. The number of ketones is 1. The minimum atomic E-state index is -0.821. The molecule has 0 saturated carbocycles. The van der Waals surface area contributed by atoms with Gasteiger partial charge >= 0.3 is 0 Å². The predicted octanol–water partition coefficient (Wildman–Crippen LogP) is 5.86. The van der Waals surface area contributed by atoms with Gasteiger partial charge in [-0.1, -0.05) is 6.07 Å². The first kappa shape index (κ1) is 27.1. The Bertz CT molecular complexity index is 1560. The summed E-state index contributed by atoms with van der Waals surface area (Å²) in [6.45, 7) is 3.64. The van der Waals surface area contributed by atoms with E-state index in [4.69, 9.17) is 9.47 Å². The zero-order valence-corrected chi connectivity index (χ0v) is 22.4. The van der Waals surface area contributed by atoms with Gasteiger partial charge in [-0.3, -0.25) is 9.59 Å². The van der Waals surface area contributed by atoms with Crippen molar-refractivity contribution in [1.82, 2.24) is 10.3 Å². The number of pyridine rings is 1. The fourth-order valence-corrected chi connectivity index (χ4v) is 5.24. The standard InChI is InChI=1S/C31H29F2N3O4/c1-17-11-12-34-27(13-17)36-31(38)28-18(2)35-23-5-4-6-24(37)30(23)29(28)19-7-9-25(39-3)20(14-19)16-40-26-10-8-21(32)15-22(26)33/h7-15,29,35H,4-6,16H2,1-3H3,(H,34,36,38)/t29-/m0/s1. The van der Waals surface area contributed by atoms with Crippen molar-refractivity contribution >= 4 is 17.5 Å². The largest absolute Gasteiger partial charge is 0.496 e. The molecule has 0 radical (unpaired) electrons. The summed E-state index contributed by atoms with van der Waals surface area (Å²) in [6.07, 6.45) is 3.43. The number of ether oxygens (including phenoxy) is 2. The van der Waals surface area contributed by atoms with Crippen molar-refractivity contribution in [2.75, 3.05) is 12.4 Å². The summed E-state index contributed by atoms with van der Waals surface area (Å²) in [5.74, 6) is -1.79. The molecule has 40 heavy (non-hydrogen) atoms. The van der Waals surface area contributed by atoms with Gasteiger partial charge in [0.15, 0.2) is 17.3 Å². The number of aromatic nitrogens is 1. The van der Waals surface area contributed by atoms with Crippen LogP contribution in [-0.4, -0.2) is 23.8 Å². The van der Waals surface area contributed by atoms with Crippen LogP contribution in [-0.2, 0) is 16.2 Å². The van der Waals surface area contributed by atoms with Crippen molar-refractivity contribution in [2.45, 2.75) is 45.6 Å². The molecule has 2 heterocycles. The minimum absolute atomic E-state index is 0.0211. The van der Waals surface area contributed by atoms with Crippen molar-refractivity contribution in [2.24, 2.45) is 0 Å². The van der Waals surface area contributed by atoms with E-state index in [2.05, 4.69) is 15.6 Å². The smallest absolute Gasteiger partial charge is 0.255 e. The first-order chi connectivity index (χ1) is 19.2. The van der Waals surface area contributed by atoms with Crippen molar-refractivity contribution in [3.63, 3.8) is 0 Å². The number of amides is 1. The maximum Gasteiger partial charge on any atom is 0.255 e. The monoisotopic (exact) mass is 545 g/mol. The molecule has 9 heteroatoms. The maximum absolute atomic E-state index is 14.2. The van der Waals surface area contributed by atoms with Crippen LogP contribution in [0.4, 0.5) is 14.6 Å². The molecule has 0 spiro atoms. The summed E-state index contributed by atoms with van der Waals surface area (Å²) in [7, 11) is 1.50. The van der Waals surface area contributed by atoms with E-state index in [1.165, 1.54) is 13.2 Å². The lowest BCUT2D eigenvalue weighted by Gasteiger charge is -2.34. The van der Waals surface area contributed by atoms with Crippen LogP contribution >= 0.6 is 0 Å². The number of hydrogen-bond donors (Lipinski definition) is 2. The highest BCUT2D eigenvalue weighted by atomic mass is 19.1. The topological polar surface area (TPSA) is 89.5 Å². The van der Waals surface area contributed by atoms with Gasteiger partial charge in [0.2, 0.25) is 0 Å². The molecule has 2 aromatic carbocycles. The van der Waals surface area contributed by atoms with E-state index < -0.39 is 17.6 Å². The number of allylic oxidation sites excluding steroid dienone is 3. The summed E-state index contributed by atoms with van der Waals surface area (Å²) in [5.41, 5.74) is 4.62. The molecule has 0 saturated heterocycles. The highest BCUT2D eigenvalue weighted by Crippen LogP contribution is 2.43. The molecule has 1 aliphatic carbocycles. The number of carbonyl (C=O) groups is 2. The first-order valence-corrected chi connectivity index (χ1v) is 13.0. The third-order valence-corrected chi connectivity index (χ3v) is 7.09. The Labute approximate surface area is 230 Å². The Morgan fingerprint density at radius 1 is 1.07 bits per heavy atom. The summed E-state index contributed by atoms with van der Waals surface area (Å²) in [5, 5.41) is 6.19. The minimum Gasteiger partial charge on any atom is -0.496 e. The van der Waals surface area contributed by atoms with Crippen LogP contribution < -0.4 is 20.1 Å². The van der Waals surface area contributed by atoms with Crippen LogP contribution in [0, 0.1) is 18.6 Å². The molecule has 2 N–H and O–H groups in total. The molecule has 1 aliphatic heterocycles. The number of dihydropyridines is 1. The molecule has 1 amide bonds. The quantitative estimate of drug-likeness (QED) is 0.387. The lowest BCUT2D eigenvalue weighted by Crippen LogP contribution is -2.35. The zero-order chi connectivity index (χ0) is 28.4. The molecule has 0 unspecified atom stereocenters. The van der Waals surface area contributed by atoms with Gasteiger partial charge in [-0.15, -0.1) is 0 Å². The van der Waals surface area contributed by atoms with Crippen LogP contribution in [0.15, 0.2) is 77.3 Å². The fourth-order valence-electron chi connectivity index (χ4n) is 5.24. The Morgan fingerprint density at radius 2 is 1.88 bits per heavy atom. The number of hydrogen-bond acceptors (Lipinski definition) is 6. The van der Waals surface area contributed by atoms with E-state index in [-0.39, 0.29) is 24.0 Å². The van der Waals surface area contributed by atoms with Gasteiger partial charge in [0.1, 0.15) is 24.0 Å². The molecule has 5 rings (SSSR count). The molecule has 1 atom stereocenters. The summed E-state index contributed by atoms with van der Waals surface area (Å²) in [6, 6.07) is 12.0. The van der Waals surface area contributed by atoms with Crippen LogP contribution in [0.5, 0.6) is 11.5 Å². The number of carbonyl (C=O) groups excluding carboxylic acids is 2. The zero-order valence-electron chi connectivity index (χ0n) is 22.4. The van der Waals surface area contributed by atoms with Gasteiger partial charge in [-0.05, 0) is 74.2 Å². The molecule has 3 aromatic rings. The summed E-state index contributed by atoms with van der Waals surface area (Å²) in [4.78, 5) is 31.3. The van der Waals surface area contributed by atoms with Crippen molar-refractivity contribution < 1.29 is 27.8 Å². The lowest BCUT2D eigenvalue weighted by atomic mass is 9.74. The number of Topliss-reactive ketones (excluding diaryl/α,β-unsaturated/α-hetero) is 1. The highest BCUT2D eigenvalue weighted by molar-refractivity contribution is 6.09. The van der Waals surface area contributed by atoms with Gasteiger partial charge in [-0.25, -0.2) is 13.8 Å². The van der Waals surface area contributed by atoms with Crippen LogP contribution in [0.2, 0.25) is 0 Å². The van der Waals surface area contributed by atoms with Gasteiger partial charge in [-0.2, -0.15) is 0 Å². The Balaban J connectivity index is 1.54. The average molecular weight is 546 g/mol. The predicted molar refractivity (Wildman–Crippen MR) is 146 cm³/mol. The Hall–Kier alpha value is -4.53. The number of halogens is 2. The van der Waals surface area contributed by atoms with E-state index in [0.717, 1.165) is 29.8 Å². The molecule has 1 aromatic heterocycles. The van der Waals surface area contributed by atoms with Crippen LogP contribution in [0.1, 0.15) is 48.8 Å². The lowest BCUT2D eigenvalue weighted by molar-refractivity contribution is -0.116. The molecular weight excluding hydrogens is 516 g/mol. The number of methoxy groups -OCH3 is 1. The number of nitrogens with zero attached hydrogens (tertiary/aromatic N) is 1. The molecule has 7 nitrogen and oxygen atoms in total. The number of rotatable bonds is 7. The SMILES string of the molecule is COc1ccc([C@H]2C(C(=O)Nc3cc(C)ccn3)=C(C)NC3=C2C(=O)CCC3)cc1COc1ccc(F)cc1F. The van der Waals surface area contributed by atoms with E-state index in [9.17, 15) is 18.4 Å². The second-order valence-electron chi connectivity index (χ2n) is 9.87. The average Bonchev–Trinajstić information content (AvgIpc) is 2.91. The second-order valence-corrected chi connectivity index (χ2v) is 9.87. The fraction of sp³-hybridized carbons (Fsp3) is 0.258. The second kappa shape index (κ2) is 11.3. The van der Waals surface area contributed by atoms with E-state index in [0.29, 0.717) is 52.4 Å². The van der Waals surface area contributed by atoms with Crippen LogP contribution in [0.3, 0.4) is 0 Å². The summed E-state index contributed by atoms with van der Waals surface area (Å²) < 4.78 is 38.7. The summed E-state index contributed by atoms with van der Waals surface area (Å²) >= 11 is 0. The Morgan fingerprint density at radius 3 is 2.62 bits per heavy atom. The molecule has 2 aliphatic rings. The molecule has 0 bridgehead atoms. The first-order valence-electron chi connectivity index (χ1n) is 13.0. The normalized spacial score (nSPS) is 16.8. The van der Waals surface area contributed by atoms with Gasteiger partial charge in [0, 0.05) is 52.7 Å². The van der Waals surface area contributed by atoms with Gasteiger partial charge < -0.3 is 20.1 Å². The van der Waals surface area contributed by atoms with Crippen molar-refractivity contribution in [3.8, 4) is 11.5 Å².